The molecule has 0 spiro atoms. The zero-order chi connectivity index (χ0) is 21.7. The van der Waals surface area contributed by atoms with Gasteiger partial charge in [-0.2, -0.15) is 5.26 Å². The van der Waals surface area contributed by atoms with Gasteiger partial charge in [-0.05, 0) is 39.1 Å². The molecule has 3 rings (SSSR count). The maximum atomic E-state index is 13.3. The van der Waals surface area contributed by atoms with E-state index in [2.05, 4.69) is 15.5 Å². The van der Waals surface area contributed by atoms with E-state index in [1.807, 2.05) is 49.0 Å². The highest BCUT2D eigenvalue weighted by Crippen LogP contribution is 2.29. The fraction of sp³-hybridized carbons (Fsp3) is 0.500. The van der Waals surface area contributed by atoms with E-state index in [0.29, 0.717) is 23.7 Å². The minimum absolute atomic E-state index is 0.0206. The number of amides is 2. The first-order chi connectivity index (χ1) is 14.4. The largest absolute Gasteiger partial charge is 0.347 e. The lowest BCUT2D eigenvalue weighted by Crippen LogP contribution is -2.48. The molecule has 1 heterocycles. The van der Waals surface area contributed by atoms with Crippen molar-refractivity contribution in [1.29, 1.82) is 5.26 Å². The minimum Gasteiger partial charge on any atom is -0.347 e. The molecule has 0 radical (unpaired) electrons. The summed E-state index contributed by atoms with van der Waals surface area (Å²) < 4.78 is 1.96. The number of carbonyl (C=O) groups is 2. The van der Waals surface area contributed by atoms with Gasteiger partial charge in [-0.25, -0.2) is 0 Å². The number of rotatable bonds is 7. The smallest absolute Gasteiger partial charge is 0.268 e. The van der Waals surface area contributed by atoms with E-state index in [4.69, 9.17) is 16.9 Å². The maximum absolute atomic E-state index is 13.3. The average molecular weight is 430 g/mol. The Kier molecular flexibility index (Phi) is 7.35. The first-order valence-corrected chi connectivity index (χ1v) is 10.7. The molecule has 1 aliphatic carbocycles. The number of nitrogens with one attached hydrogen (secondary N) is 2. The van der Waals surface area contributed by atoms with Crippen LogP contribution >= 0.6 is 11.6 Å². The number of nitriles is 1. The fourth-order valence-electron chi connectivity index (χ4n) is 4.12. The molecule has 0 unspecified atom stereocenters. The summed E-state index contributed by atoms with van der Waals surface area (Å²) in [6, 6.07) is 9.19. The van der Waals surface area contributed by atoms with Crippen LogP contribution in [0, 0.1) is 17.2 Å². The second kappa shape index (κ2) is 9.96. The third kappa shape index (κ3) is 4.94. The lowest BCUT2D eigenvalue weighted by molar-refractivity contribution is -0.126. The van der Waals surface area contributed by atoms with Crippen LogP contribution in [-0.4, -0.2) is 54.5 Å². The molecular weight excluding hydrogens is 402 g/mol. The Bertz CT molecular complexity index is 962. The number of hydrogen-bond donors (Lipinski definition) is 2. The van der Waals surface area contributed by atoms with Crippen molar-refractivity contribution in [3.63, 3.8) is 0 Å². The van der Waals surface area contributed by atoms with Crippen molar-refractivity contribution in [3.05, 3.63) is 35.0 Å². The van der Waals surface area contributed by atoms with Crippen LogP contribution in [0.5, 0.6) is 0 Å². The van der Waals surface area contributed by atoms with Crippen LogP contribution in [0.1, 0.15) is 36.2 Å². The molecule has 1 aromatic heterocycles. The summed E-state index contributed by atoms with van der Waals surface area (Å²) in [5.41, 5.74) is 1.39. The summed E-state index contributed by atoms with van der Waals surface area (Å²) >= 11 is 6.46. The molecule has 1 saturated carbocycles. The molecular formula is C22H28ClN5O2. The number of likely N-dealkylation sites (N-methyl/N-ethyl adjacent to an activating group) is 1. The number of nitrogens with zero attached hydrogens (tertiary/aromatic N) is 3. The van der Waals surface area contributed by atoms with Gasteiger partial charge in [0.05, 0.1) is 22.5 Å². The van der Waals surface area contributed by atoms with Crippen LogP contribution in [-0.2, 0) is 11.3 Å². The minimum atomic E-state index is -0.320. The highest BCUT2D eigenvalue weighted by molar-refractivity contribution is 6.35. The molecule has 0 bridgehead atoms. The molecule has 160 valence electrons. The number of benzene rings is 1. The van der Waals surface area contributed by atoms with Crippen LogP contribution in [0.4, 0.5) is 0 Å². The molecule has 2 atom stereocenters. The van der Waals surface area contributed by atoms with E-state index < -0.39 is 0 Å². The molecule has 1 aliphatic rings. The van der Waals surface area contributed by atoms with Crippen molar-refractivity contribution >= 4 is 34.3 Å². The number of para-hydroxylation sites is 1. The fourth-order valence-corrected chi connectivity index (χ4v) is 4.40. The Morgan fingerprint density at radius 3 is 2.80 bits per heavy atom. The van der Waals surface area contributed by atoms with Gasteiger partial charge in [0.25, 0.3) is 5.91 Å². The number of hydrogen-bond acceptors (Lipinski definition) is 4. The zero-order valence-corrected chi connectivity index (χ0v) is 18.2. The number of aromatic nitrogens is 1. The summed E-state index contributed by atoms with van der Waals surface area (Å²) in [5.74, 6) is -0.692. The molecule has 1 fully saturated rings. The van der Waals surface area contributed by atoms with E-state index in [0.717, 1.165) is 36.7 Å². The monoisotopic (exact) mass is 429 g/mol. The lowest BCUT2D eigenvalue weighted by Gasteiger charge is -2.31. The zero-order valence-electron chi connectivity index (χ0n) is 17.4. The van der Waals surface area contributed by atoms with Crippen molar-refractivity contribution in [1.82, 2.24) is 20.1 Å². The SMILES string of the molecule is CN(C)CCn1c(C(=O)N[C@H]2CCCC[C@H]2C(=O)NCC#N)cc2cccc(Cl)c21. The van der Waals surface area contributed by atoms with Crippen molar-refractivity contribution < 1.29 is 9.59 Å². The van der Waals surface area contributed by atoms with Gasteiger partial charge in [0.2, 0.25) is 5.91 Å². The van der Waals surface area contributed by atoms with Gasteiger partial charge in [0, 0.05) is 24.5 Å². The number of carbonyl (C=O) groups excluding carboxylic acids is 2. The topological polar surface area (TPSA) is 90.2 Å². The highest BCUT2D eigenvalue weighted by Gasteiger charge is 2.32. The van der Waals surface area contributed by atoms with Gasteiger partial charge in [-0.1, -0.05) is 36.6 Å². The van der Waals surface area contributed by atoms with E-state index in [-0.39, 0.29) is 30.3 Å². The Morgan fingerprint density at radius 1 is 1.30 bits per heavy atom. The Labute approximate surface area is 182 Å². The quantitative estimate of drug-likeness (QED) is 0.662. The van der Waals surface area contributed by atoms with Crippen molar-refractivity contribution in [2.45, 2.75) is 38.3 Å². The second-order valence-electron chi connectivity index (χ2n) is 8.01. The molecule has 0 aliphatic heterocycles. The van der Waals surface area contributed by atoms with Crippen LogP contribution in [0.3, 0.4) is 0 Å². The highest BCUT2D eigenvalue weighted by atomic mass is 35.5. The third-order valence-corrected chi connectivity index (χ3v) is 5.94. The Hall–Kier alpha value is -2.56. The molecule has 1 aromatic carbocycles. The first-order valence-electron chi connectivity index (χ1n) is 10.3. The maximum Gasteiger partial charge on any atom is 0.268 e. The van der Waals surface area contributed by atoms with Crippen molar-refractivity contribution in [2.24, 2.45) is 5.92 Å². The van der Waals surface area contributed by atoms with E-state index in [9.17, 15) is 9.59 Å². The summed E-state index contributed by atoms with van der Waals surface area (Å²) in [6.45, 7) is 1.37. The molecule has 30 heavy (non-hydrogen) atoms. The van der Waals surface area contributed by atoms with Gasteiger partial charge in [0.1, 0.15) is 12.2 Å². The first kappa shape index (κ1) is 22.1. The van der Waals surface area contributed by atoms with Gasteiger partial charge >= 0.3 is 0 Å². The standard InChI is InChI=1S/C22H28ClN5O2/c1-27(2)12-13-28-19(14-15-6-5-8-17(23)20(15)28)22(30)26-18-9-4-3-7-16(18)21(29)25-11-10-24/h5-6,8,14,16,18H,3-4,7,9,11-13H2,1-2H3,(H,25,29)(H,26,30)/t16-,18+/m1/s1. The summed E-state index contributed by atoms with van der Waals surface area (Å²) in [7, 11) is 3.97. The van der Waals surface area contributed by atoms with E-state index in [1.165, 1.54) is 0 Å². The van der Waals surface area contributed by atoms with E-state index in [1.54, 1.807) is 0 Å². The molecule has 0 saturated heterocycles. The summed E-state index contributed by atoms with van der Waals surface area (Å²) in [4.78, 5) is 27.8. The van der Waals surface area contributed by atoms with Gasteiger partial charge in [0.15, 0.2) is 0 Å². The van der Waals surface area contributed by atoms with Crippen LogP contribution in [0.2, 0.25) is 5.02 Å². The average Bonchev–Trinajstić information content (AvgIpc) is 3.11. The summed E-state index contributed by atoms with van der Waals surface area (Å²) in [5, 5.41) is 16.0. The lowest BCUT2D eigenvalue weighted by atomic mass is 9.83. The Balaban J connectivity index is 1.86. The van der Waals surface area contributed by atoms with Gasteiger partial charge < -0.3 is 20.1 Å². The molecule has 2 aromatic rings. The third-order valence-electron chi connectivity index (χ3n) is 5.64. The summed E-state index contributed by atoms with van der Waals surface area (Å²) in [6.07, 6.45) is 3.35. The predicted molar refractivity (Wildman–Crippen MR) is 117 cm³/mol. The van der Waals surface area contributed by atoms with Crippen molar-refractivity contribution in [2.75, 3.05) is 27.2 Å². The molecule has 7 nitrogen and oxygen atoms in total. The van der Waals surface area contributed by atoms with Crippen LogP contribution < -0.4 is 10.6 Å². The predicted octanol–water partition coefficient (Wildman–Crippen LogP) is 2.78. The van der Waals surface area contributed by atoms with E-state index >= 15 is 0 Å². The van der Waals surface area contributed by atoms with Gasteiger partial charge in [-0.15, -0.1) is 0 Å². The molecule has 8 heteroatoms. The normalized spacial score (nSPS) is 18.9. The molecule has 2 amide bonds. The number of fused-ring (bicyclic) bond motifs is 1. The van der Waals surface area contributed by atoms with Crippen molar-refractivity contribution in [3.8, 4) is 6.07 Å². The van der Waals surface area contributed by atoms with Crippen LogP contribution in [0.25, 0.3) is 10.9 Å². The number of halogens is 1. The Morgan fingerprint density at radius 2 is 2.07 bits per heavy atom. The second-order valence-corrected chi connectivity index (χ2v) is 8.42. The van der Waals surface area contributed by atoms with Crippen LogP contribution in [0.15, 0.2) is 24.3 Å². The van der Waals surface area contributed by atoms with Gasteiger partial charge in [-0.3, -0.25) is 9.59 Å². The molecule has 2 N–H and O–H groups in total.